The fraction of sp³-hybridized carbons (Fsp3) is 0.500. The first kappa shape index (κ1) is 22.6. The van der Waals surface area contributed by atoms with Crippen LogP contribution in [0.15, 0.2) is 40.7 Å². The van der Waals surface area contributed by atoms with Crippen LogP contribution in [0.4, 0.5) is 9.93 Å². The van der Waals surface area contributed by atoms with Crippen molar-refractivity contribution in [2.75, 3.05) is 17.6 Å². The fourth-order valence-electron chi connectivity index (χ4n) is 3.68. The minimum absolute atomic E-state index is 0.0954. The van der Waals surface area contributed by atoms with Crippen molar-refractivity contribution in [3.05, 3.63) is 42.1 Å². The monoisotopic (exact) mass is 447 g/mol. The zero-order chi connectivity index (χ0) is 21.3. The van der Waals surface area contributed by atoms with Crippen LogP contribution in [0, 0.1) is 5.92 Å². The van der Waals surface area contributed by atoms with Gasteiger partial charge in [0, 0.05) is 18.3 Å². The highest BCUT2D eigenvalue weighted by Crippen LogP contribution is 2.30. The lowest BCUT2D eigenvalue weighted by atomic mass is 9.86. The van der Waals surface area contributed by atoms with E-state index in [0.717, 1.165) is 42.2 Å². The van der Waals surface area contributed by atoms with Crippen LogP contribution in [0.1, 0.15) is 44.6 Å². The third-order valence-electron chi connectivity index (χ3n) is 5.43. The molecule has 0 radical (unpaired) electrons. The average Bonchev–Trinajstić information content (AvgIpc) is 3.17. The molecule has 1 heterocycles. The third kappa shape index (κ3) is 7.02. The Bertz CT molecular complexity index is 820. The summed E-state index contributed by atoms with van der Waals surface area (Å²) in [6, 6.07) is 10.4. The molecule has 2 amide bonds. The quantitative estimate of drug-likeness (QED) is 0.505. The molecule has 2 N–H and O–H groups in total. The summed E-state index contributed by atoms with van der Waals surface area (Å²) in [5.74, 6) is 0.412. The van der Waals surface area contributed by atoms with Crippen LogP contribution >= 0.6 is 23.1 Å². The second kappa shape index (κ2) is 11.4. The number of anilines is 1. The Morgan fingerprint density at radius 2 is 1.97 bits per heavy atom. The number of urea groups is 1. The van der Waals surface area contributed by atoms with Gasteiger partial charge in [0.15, 0.2) is 5.13 Å². The van der Waals surface area contributed by atoms with Crippen molar-refractivity contribution in [1.29, 1.82) is 0 Å². The van der Waals surface area contributed by atoms with E-state index in [1.165, 1.54) is 28.7 Å². The zero-order valence-electron chi connectivity index (χ0n) is 17.3. The third-order valence-corrected chi connectivity index (χ3v) is 7.54. The van der Waals surface area contributed by atoms with E-state index >= 15 is 0 Å². The SMILES string of the molecule is C[C@H]1CC[C@H](N(CCc2ccccc2)C(=O)Nc2ncc(SCCC(=O)O)s2)CC1. The van der Waals surface area contributed by atoms with Crippen molar-refractivity contribution in [2.24, 2.45) is 5.92 Å². The maximum Gasteiger partial charge on any atom is 0.323 e. The number of hydrogen-bond donors (Lipinski definition) is 2. The van der Waals surface area contributed by atoms with Gasteiger partial charge in [-0.2, -0.15) is 0 Å². The number of nitrogens with one attached hydrogen (secondary N) is 1. The van der Waals surface area contributed by atoms with E-state index < -0.39 is 5.97 Å². The standard InChI is InChI=1S/C22H29N3O3S2/c1-16-7-9-18(10-8-16)25(13-11-17-5-3-2-4-6-17)22(28)24-21-23-15-20(30-21)29-14-12-19(26)27/h2-6,15-16,18H,7-14H2,1H3,(H,26,27)(H,23,24,28)/t16-,18-. The van der Waals surface area contributed by atoms with Crippen LogP contribution in [-0.4, -0.2) is 45.3 Å². The van der Waals surface area contributed by atoms with Crippen molar-refractivity contribution in [3.8, 4) is 0 Å². The highest BCUT2D eigenvalue weighted by molar-refractivity contribution is 8.01. The molecular weight excluding hydrogens is 418 g/mol. The molecule has 0 spiro atoms. The smallest absolute Gasteiger partial charge is 0.323 e. The Kier molecular flexibility index (Phi) is 8.57. The van der Waals surface area contributed by atoms with Gasteiger partial charge in [-0.05, 0) is 43.6 Å². The van der Waals surface area contributed by atoms with E-state index in [9.17, 15) is 9.59 Å². The van der Waals surface area contributed by atoms with Gasteiger partial charge in [0.25, 0.3) is 0 Å². The number of carboxylic acid groups (broad SMARTS) is 1. The van der Waals surface area contributed by atoms with Gasteiger partial charge in [-0.15, -0.1) is 11.8 Å². The molecular formula is C22H29N3O3S2. The molecule has 2 aromatic rings. The van der Waals surface area contributed by atoms with Gasteiger partial charge in [0.1, 0.15) is 0 Å². The van der Waals surface area contributed by atoms with Crippen LogP contribution in [0.25, 0.3) is 0 Å². The molecule has 1 saturated carbocycles. The van der Waals surface area contributed by atoms with Gasteiger partial charge in [-0.25, -0.2) is 9.78 Å². The molecule has 0 atom stereocenters. The minimum Gasteiger partial charge on any atom is -0.481 e. The number of nitrogens with zero attached hydrogens (tertiary/aromatic N) is 2. The molecule has 3 rings (SSSR count). The molecule has 0 aliphatic heterocycles. The Labute approximate surface area is 186 Å². The molecule has 162 valence electrons. The van der Waals surface area contributed by atoms with E-state index in [4.69, 9.17) is 5.11 Å². The topological polar surface area (TPSA) is 82.5 Å². The summed E-state index contributed by atoms with van der Waals surface area (Å²) < 4.78 is 0.911. The number of carboxylic acids is 1. The number of thioether (sulfide) groups is 1. The van der Waals surface area contributed by atoms with Gasteiger partial charge < -0.3 is 10.0 Å². The summed E-state index contributed by atoms with van der Waals surface area (Å²) in [6.07, 6.45) is 7.02. The van der Waals surface area contributed by atoms with Gasteiger partial charge in [0.2, 0.25) is 0 Å². The van der Waals surface area contributed by atoms with Crippen LogP contribution in [0.2, 0.25) is 0 Å². The van der Waals surface area contributed by atoms with Gasteiger partial charge in [-0.3, -0.25) is 10.1 Å². The number of aromatic nitrogens is 1. The number of carbonyl (C=O) groups is 2. The lowest BCUT2D eigenvalue weighted by Gasteiger charge is -2.36. The van der Waals surface area contributed by atoms with Gasteiger partial charge >= 0.3 is 12.0 Å². The second-order valence-corrected chi connectivity index (χ2v) is 10.2. The van der Waals surface area contributed by atoms with Crippen LogP contribution < -0.4 is 5.32 Å². The first-order valence-corrected chi connectivity index (χ1v) is 12.2. The Hall–Kier alpha value is -2.06. The molecule has 1 fully saturated rings. The molecule has 0 unspecified atom stereocenters. The number of thiazole rings is 1. The largest absolute Gasteiger partial charge is 0.481 e. The van der Waals surface area contributed by atoms with Crippen molar-refractivity contribution in [2.45, 2.75) is 55.7 Å². The molecule has 6 nitrogen and oxygen atoms in total. The summed E-state index contributed by atoms with van der Waals surface area (Å²) in [6.45, 7) is 2.96. The highest BCUT2D eigenvalue weighted by Gasteiger charge is 2.28. The number of benzene rings is 1. The number of rotatable bonds is 9. The Balaban J connectivity index is 1.61. The lowest BCUT2D eigenvalue weighted by Crippen LogP contribution is -2.45. The van der Waals surface area contributed by atoms with Crippen molar-refractivity contribution in [1.82, 2.24) is 9.88 Å². The van der Waals surface area contributed by atoms with E-state index in [-0.39, 0.29) is 18.5 Å². The first-order chi connectivity index (χ1) is 14.5. The predicted octanol–water partition coefficient (Wildman–Crippen LogP) is 5.37. The number of carbonyl (C=O) groups excluding carboxylic acids is 1. The highest BCUT2D eigenvalue weighted by atomic mass is 32.2. The van der Waals surface area contributed by atoms with E-state index in [0.29, 0.717) is 17.4 Å². The van der Waals surface area contributed by atoms with E-state index in [1.54, 1.807) is 6.20 Å². The molecule has 0 bridgehead atoms. The van der Waals surface area contributed by atoms with Crippen LogP contribution in [-0.2, 0) is 11.2 Å². The summed E-state index contributed by atoms with van der Waals surface area (Å²) in [5, 5.41) is 12.3. The van der Waals surface area contributed by atoms with Crippen molar-refractivity contribution in [3.63, 3.8) is 0 Å². The number of hydrogen-bond acceptors (Lipinski definition) is 5. The van der Waals surface area contributed by atoms with Crippen LogP contribution in [0.3, 0.4) is 0 Å². The van der Waals surface area contributed by atoms with E-state index in [2.05, 4.69) is 29.4 Å². The molecule has 8 heteroatoms. The molecule has 1 aliphatic rings. The van der Waals surface area contributed by atoms with E-state index in [1.807, 2.05) is 23.1 Å². The molecule has 0 saturated heterocycles. The molecule has 30 heavy (non-hydrogen) atoms. The predicted molar refractivity (Wildman–Crippen MR) is 122 cm³/mol. The summed E-state index contributed by atoms with van der Waals surface area (Å²) in [4.78, 5) is 30.1. The second-order valence-electron chi connectivity index (χ2n) is 7.75. The maximum atomic E-state index is 13.1. The zero-order valence-corrected chi connectivity index (χ0v) is 18.9. The summed E-state index contributed by atoms with van der Waals surface area (Å²) in [7, 11) is 0. The molecule has 1 aromatic heterocycles. The van der Waals surface area contributed by atoms with Crippen molar-refractivity contribution >= 4 is 40.2 Å². The normalized spacial score (nSPS) is 18.7. The molecule has 1 aromatic carbocycles. The Morgan fingerprint density at radius 1 is 1.23 bits per heavy atom. The Morgan fingerprint density at radius 3 is 2.67 bits per heavy atom. The first-order valence-electron chi connectivity index (χ1n) is 10.4. The minimum atomic E-state index is -0.809. The lowest BCUT2D eigenvalue weighted by molar-refractivity contribution is -0.136. The molecule has 1 aliphatic carbocycles. The van der Waals surface area contributed by atoms with Crippen LogP contribution in [0.5, 0.6) is 0 Å². The maximum absolute atomic E-state index is 13.1. The number of amides is 2. The number of aliphatic carboxylic acids is 1. The summed E-state index contributed by atoms with van der Waals surface area (Å²) in [5.41, 5.74) is 1.23. The summed E-state index contributed by atoms with van der Waals surface area (Å²) >= 11 is 2.84. The fourth-order valence-corrected chi connectivity index (χ4v) is 5.55. The van der Waals surface area contributed by atoms with Gasteiger partial charge in [0.05, 0.1) is 16.8 Å². The average molecular weight is 448 g/mol. The van der Waals surface area contributed by atoms with Crippen molar-refractivity contribution < 1.29 is 14.7 Å². The van der Waals surface area contributed by atoms with Gasteiger partial charge in [-0.1, -0.05) is 48.6 Å².